The van der Waals surface area contributed by atoms with Crippen molar-refractivity contribution in [2.45, 2.75) is 24.1 Å². The molecule has 0 spiro atoms. The molecule has 1 aliphatic rings. The van der Waals surface area contributed by atoms with E-state index in [1.807, 2.05) is 12.1 Å². The number of hydrogen-bond donors (Lipinski definition) is 2. The first-order valence-corrected chi connectivity index (χ1v) is 11.4. The molecule has 2 aromatic rings. The quantitative estimate of drug-likeness (QED) is 0.524. The van der Waals surface area contributed by atoms with Gasteiger partial charge in [-0.05, 0) is 29.8 Å². The van der Waals surface area contributed by atoms with Gasteiger partial charge in [0.15, 0.2) is 0 Å². The molecule has 0 aliphatic carbocycles. The highest BCUT2D eigenvalue weighted by Gasteiger charge is 2.21. The van der Waals surface area contributed by atoms with Crippen LogP contribution < -0.4 is 11.1 Å². The molecule has 1 aliphatic heterocycles. The number of nitrogens with one attached hydrogen (secondary N) is 1. The van der Waals surface area contributed by atoms with Crippen molar-refractivity contribution < 1.29 is 14.3 Å². The Morgan fingerprint density at radius 2 is 2.06 bits per heavy atom. The Morgan fingerprint density at radius 3 is 2.77 bits per heavy atom. The zero-order valence-electron chi connectivity index (χ0n) is 16.7. The number of nitrogens with two attached hydrogens (primary N) is 1. The fourth-order valence-electron chi connectivity index (χ4n) is 3.06. The minimum atomic E-state index is -0.463. The van der Waals surface area contributed by atoms with Gasteiger partial charge in [-0.1, -0.05) is 41.0 Å². The number of hydrogen-bond acceptors (Lipinski definition) is 7. The molecule has 0 bridgehead atoms. The molecule has 3 rings (SSSR count). The van der Waals surface area contributed by atoms with E-state index in [1.165, 1.54) is 11.8 Å². The topological polar surface area (TPSA) is 110 Å². The lowest BCUT2D eigenvalue weighted by molar-refractivity contribution is -0.120. The number of ether oxygens (including phenoxy) is 1. The Balaban J connectivity index is 1.39. The lowest BCUT2D eigenvalue weighted by Gasteiger charge is -2.33. The summed E-state index contributed by atoms with van der Waals surface area (Å²) in [6.45, 7) is 3.29. The van der Waals surface area contributed by atoms with Crippen molar-refractivity contribution in [3.05, 3.63) is 51.6 Å². The van der Waals surface area contributed by atoms with E-state index < -0.39 is 5.91 Å². The minimum absolute atomic E-state index is 0.0435. The van der Waals surface area contributed by atoms with Crippen molar-refractivity contribution in [1.29, 1.82) is 0 Å². The number of nitrogens with zero attached hydrogens (tertiary/aromatic N) is 3. The molecule has 166 valence electrons. The highest BCUT2D eigenvalue weighted by molar-refractivity contribution is 7.99. The molecule has 0 saturated carbocycles. The first kappa shape index (κ1) is 23.7. The highest BCUT2D eigenvalue weighted by atomic mass is 35.5. The molecule has 2 amide bonds. The second-order valence-electron chi connectivity index (χ2n) is 7.08. The summed E-state index contributed by atoms with van der Waals surface area (Å²) in [6, 6.07) is 9.02. The van der Waals surface area contributed by atoms with E-state index in [4.69, 9.17) is 33.7 Å². The molecule has 3 N–H and O–H groups in total. The Morgan fingerprint density at radius 1 is 1.23 bits per heavy atom. The number of carbonyl (C=O) groups is 2. The van der Waals surface area contributed by atoms with Crippen LogP contribution in [0.1, 0.15) is 11.3 Å². The van der Waals surface area contributed by atoms with Crippen LogP contribution in [0.15, 0.2) is 35.4 Å². The number of rotatable bonds is 9. The maximum Gasteiger partial charge on any atom is 0.230 e. The molecule has 1 fully saturated rings. The van der Waals surface area contributed by atoms with Gasteiger partial charge < -0.3 is 15.8 Å². The molecule has 1 aromatic heterocycles. The van der Waals surface area contributed by atoms with Gasteiger partial charge in [0.05, 0.1) is 40.6 Å². The Kier molecular flexibility index (Phi) is 8.91. The smallest absolute Gasteiger partial charge is 0.230 e. The van der Waals surface area contributed by atoms with Gasteiger partial charge in [0.2, 0.25) is 11.8 Å². The number of primary amides is 1. The summed E-state index contributed by atoms with van der Waals surface area (Å²) >= 11 is 13.3. The molecule has 1 atom stereocenters. The molecule has 8 nitrogen and oxygen atoms in total. The van der Waals surface area contributed by atoms with Crippen LogP contribution in [0, 0.1) is 0 Å². The average molecular weight is 484 g/mol. The van der Waals surface area contributed by atoms with E-state index in [-0.39, 0.29) is 24.2 Å². The first-order valence-electron chi connectivity index (χ1n) is 9.67. The second kappa shape index (κ2) is 11.6. The van der Waals surface area contributed by atoms with Crippen molar-refractivity contribution in [3.63, 3.8) is 0 Å². The third-order valence-electron chi connectivity index (χ3n) is 4.54. The van der Waals surface area contributed by atoms with Gasteiger partial charge in [-0.15, -0.1) is 5.10 Å². The molecule has 0 radical (unpaired) electrons. The highest BCUT2D eigenvalue weighted by Crippen LogP contribution is 2.23. The predicted octanol–water partition coefficient (Wildman–Crippen LogP) is 1.92. The molecule has 1 saturated heterocycles. The predicted molar refractivity (Wildman–Crippen MR) is 120 cm³/mol. The summed E-state index contributed by atoms with van der Waals surface area (Å²) in [4.78, 5) is 25.3. The van der Waals surface area contributed by atoms with E-state index >= 15 is 0 Å². The fourth-order valence-corrected chi connectivity index (χ4v) is 4.02. The SMILES string of the molecule is NC(=O)Cc1ccc(SCC(=O)NCC2CN(Cc3ccc(Cl)c(Cl)c3)CCO2)nn1. The summed E-state index contributed by atoms with van der Waals surface area (Å²) in [5, 5.41) is 12.5. The van der Waals surface area contributed by atoms with Crippen molar-refractivity contribution in [1.82, 2.24) is 20.4 Å². The van der Waals surface area contributed by atoms with Crippen molar-refractivity contribution in [2.24, 2.45) is 5.73 Å². The molecule has 2 heterocycles. The third-order valence-corrected chi connectivity index (χ3v) is 6.20. The number of morpholine rings is 1. The lowest BCUT2D eigenvalue weighted by atomic mass is 10.2. The van der Waals surface area contributed by atoms with Gasteiger partial charge in [-0.25, -0.2) is 0 Å². The summed E-state index contributed by atoms with van der Waals surface area (Å²) in [5.41, 5.74) is 6.71. The average Bonchev–Trinajstić information content (AvgIpc) is 2.74. The lowest BCUT2D eigenvalue weighted by Crippen LogP contribution is -2.47. The molecule has 1 unspecified atom stereocenters. The van der Waals surface area contributed by atoms with Crippen LogP contribution in [0.2, 0.25) is 10.0 Å². The maximum absolute atomic E-state index is 12.2. The number of carbonyl (C=O) groups excluding carboxylic acids is 2. The Hall–Kier alpha value is -1.91. The van der Waals surface area contributed by atoms with Gasteiger partial charge in [0.1, 0.15) is 5.03 Å². The zero-order chi connectivity index (χ0) is 22.2. The van der Waals surface area contributed by atoms with Gasteiger partial charge in [0, 0.05) is 26.2 Å². The fraction of sp³-hybridized carbons (Fsp3) is 0.400. The number of halogens is 2. The van der Waals surface area contributed by atoms with Crippen LogP contribution in [0.25, 0.3) is 0 Å². The number of thioether (sulfide) groups is 1. The Bertz CT molecular complexity index is 916. The number of aromatic nitrogens is 2. The molecule has 31 heavy (non-hydrogen) atoms. The van der Waals surface area contributed by atoms with Crippen LogP contribution in [0.4, 0.5) is 0 Å². The molecule has 11 heteroatoms. The summed E-state index contributed by atoms with van der Waals surface area (Å²) in [5.74, 6) is -0.364. The van der Waals surface area contributed by atoms with Crippen molar-refractivity contribution >= 4 is 46.8 Å². The van der Waals surface area contributed by atoms with Crippen LogP contribution in [-0.4, -0.2) is 65.0 Å². The first-order chi connectivity index (χ1) is 14.9. The number of benzene rings is 1. The standard InChI is InChI=1S/C20H23Cl2N5O3S/c21-16-3-1-13(7-17(16)22)10-27-5-6-30-15(11-27)9-24-19(29)12-31-20-4-2-14(25-26-20)8-18(23)28/h1-4,7,15H,5-6,8-12H2,(H2,23,28)(H,24,29). The molecular weight excluding hydrogens is 461 g/mol. The van der Waals surface area contributed by atoms with Crippen LogP contribution >= 0.6 is 35.0 Å². The zero-order valence-corrected chi connectivity index (χ0v) is 19.1. The van der Waals surface area contributed by atoms with Crippen molar-refractivity contribution in [2.75, 3.05) is 32.0 Å². The molecular formula is C20H23Cl2N5O3S. The normalized spacial score (nSPS) is 16.8. The minimum Gasteiger partial charge on any atom is -0.374 e. The number of amides is 2. The van der Waals surface area contributed by atoms with Gasteiger partial charge >= 0.3 is 0 Å². The van der Waals surface area contributed by atoms with Gasteiger partial charge in [-0.2, -0.15) is 5.10 Å². The van der Waals surface area contributed by atoms with E-state index in [9.17, 15) is 9.59 Å². The van der Waals surface area contributed by atoms with E-state index in [2.05, 4.69) is 20.4 Å². The van der Waals surface area contributed by atoms with E-state index in [0.717, 1.165) is 18.7 Å². The summed E-state index contributed by atoms with van der Waals surface area (Å²) in [6.07, 6.45) is -0.0413. The second-order valence-corrected chi connectivity index (χ2v) is 8.89. The maximum atomic E-state index is 12.2. The van der Waals surface area contributed by atoms with Crippen LogP contribution in [0.5, 0.6) is 0 Å². The molecule has 1 aromatic carbocycles. The summed E-state index contributed by atoms with van der Waals surface area (Å²) in [7, 11) is 0. The van der Waals surface area contributed by atoms with Crippen molar-refractivity contribution in [3.8, 4) is 0 Å². The monoisotopic (exact) mass is 483 g/mol. The van der Waals surface area contributed by atoms with E-state index in [1.54, 1.807) is 18.2 Å². The van der Waals surface area contributed by atoms with Crippen LogP contribution in [0.3, 0.4) is 0 Å². The van der Waals surface area contributed by atoms with Crippen LogP contribution in [-0.2, 0) is 27.3 Å². The largest absolute Gasteiger partial charge is 0.374 e. The Labute approximate surface area is 194 Å². The van der Waals surface area contributed by atoms with Gasteiger partial charge in [-0.3, -0.25) is 14.5 Å². The van der Waals surface area contributed by atoms with E-state index in [0.29, 0.717) is 40.5 Å². The van der Waals surface area contributed by atoms with Gasteiger partial charge in [0.25, 0.3) is 0 Å². The third kappa shape index (κ3) is 7.93. The summed E-state index contributed by atoms with van der Waals surface area (Å²) < 4.78 is 5.78.